The minimum absolute atomic E-state index is 0.590. The first kappa shape index (κ1) is 78.0. The van der Waals surface area contributed by atoms with Crippen LogP contribution in [-0.2, 0) is 0 Å². The van der Waals surface area contributed by atoms with Gasteiger partial charge in [0.05, 0.1) is 55.3 Å². The normalized spacial score (nSPS) is 11.6. The van der Waals surface area contributed by atoms with Gasteiger partial charge in [-0.25, -0.2) is 19.9 Å². The zero-order chi connectivity index (χ0) is 88.5. The predicted molar refractivity (Wildman–Crippen MR) is 553 cm³/mol. The summed E-state index contributed by atoms with van der Waals surface area (Å²) in [7, 11) is 0. The van der Waals surface area contributed by atoms with Crippen LogP contribution >= 0.6 is 0 Å². The van der Waals surface area contributed by atoms with E-state index < -0.39 is 0 Å². The molecule has 0 aliphatic carbocycles. The standard InChI is InChI=1S/C45H29N5.C40H25N3.C37H24N4/c1-3-13-31(14-4-1)43-46-44(32-15-5-2-6-16-32)48-45(47-43)50-41-22-12-9-19-37(41)38-29-33(25-28-42(38)50)30-23-26-34(27-24-30)49-39-20-10-7-17-35(39)36-18-8-11-21-40(36)49;1-2-10-26(11-3-1)30-20-22-34-37(25-30)43(36-23-21-28-13-6-7-15-32(28)38(34)36)40-41-35-17-9-8-16-33(35)39(42-40)31-19-18-27-12-4-5-14-29(27)24-31;1-4-12-25(13-5-1)29-20-22-31-33(24-29)41(32-23-21-26-14-10-11-19-30(26)34(31)32)37-39-35(27-15-6-2-7-16-27)38-36(40-37)28-17-8-3-9-18-28/h1-29H;1-25H;1-24H. The fraction of sp³-hybridized carbons (Fsp3) is 0. The van der Waals surface area contributed by atoms with Crippen molar-refractivity contribution >= 4 is 130 Å². The highest BCUT2D eigenvalue weighted by atomic mass is 15.2. The van der Waals surface area contributed by atoms with Crippen molar-refractivity contribution < 1.29 is 0 Å². The third kappa shape index (κ3) is 13.9. The second-order valence-corrected chi connectivity index (χ2v) is 33.7. The van der Waals surface area contributed by atoms with Gasteiger partial charge in [0.25, 0.3) is 0 Å². The Balaban J connectivity index is 0.000000108. The number of fused-ring (bicyclic) bond motifs is 18. The van der Waals surface area contributed by atoms with Gasteiger partial charge in [0.15, 0.2) is 23.3 Å². The lowest BCUT2D eigenvalue weighted by Gasteiger charge is -2.13. The minimum atomic E-state index is 0.590. The fourth-order valence-corrected chi connectivity index (χ4v) is 19.5. The van der Waals surface area contributed by atoms with Gasteiger partial charge in [-0.15, -0.1) is 0 Å². The minimum Gasteiger partial charge on any atom is -0.309 e. The SMILES string of the molecule is c1ccc(-c2ccc3c4c5ccccc5ccc4n(-c4nc(-c5ccc6ccccc6c5)c5ccccc5n4)c3c2)cc1.c1ccc(-c2ccc3c4c5ccccc5ccc4n(-c4nc(-c5ccccc5)nc(-c5ccccc5)n4)c3c2)cc1.c1ccc(-c2nc(-c3ccccc3)nc(-n3c4ccccc4c4cc(-c5ccc(-n6c7ccccc7c7ccccc76)cc5)ccc43)n2)cc1. The highest BCUT2D eigenvalue weighted by Crippen LogP contribution is 2.44. The first-order valence-corrected chi connectivity index (χ1v) is 45.1. The van der Waals surface area contributed by atoms with Crippen LogP contribution in [0.3, 0.4) is 0 Å². The van der Waals surface area contributed by atoms with E-state index in [0.29, 0.717) is 41.1 Å². The Kier molecular flexibility index (Phi) is 19.3. The van der Waals surface area contributed by atoms with Crippen molar-refractivity contribution in [2.24, 2.45) is 0 Å². The van der Waals surface area contributed by atoms with Crippen LogP contribution in [0.1, 0.15) is 0 Å². The Morgan fingerprint density at radius 3 is 0.925 bits per heavy atom. The second kappa shape index (κ2) is 33.1. The lowest BCUT2D eigenvalue weighted by molar-refractivity contribution is 0.953. The maximum absolute atomic E-state index is 5.36. The summed E-state index contributed by atoms with van der Waals surface area (Å²) in [5.74, 6) is 4.42. The summed E-state index contributed by atoms with van der Waals surface area (Å²) in [6, 6.07) is 166. The van der Waals surface area contributed by atoms with Gasteiger partial charge >= 0.3 is 0 Å². The first-order chi connectivity index (χ1) is 66.4. The molecular formula is C122H78N12. The van der Waals surface area contributed by atoms with Crippen molar-refractivity contribution in [3.8, 4) is 114 Å². The van der Waals surface area contributed by atoms with Crippen molar-refractivity contribution in [1.82, 2.24) is 58.1 Å². The van der Waals surface area contributed by atoms with Crippen molar-refractivity contribution in [3.63, 3.8) is 0 Å². The fourth-order valence-electron chi connectivity index (χ4n) is 19.5. The second-order valence-electron chi connectivity index (χ2n) is 33.7. The number of para-hydroxylation sites is 4. The molecule has 0 atom stereocenters. The predicted octanol–water partition coefficient (Wildman–Crippen LogP) is 30.6. The lowest BCUT2D eigenvalue weighted by Crippen LogP contribution is -2.06. The first-order valence-electron chi connectivity index (χ1n) is 45.1. The smallest absolute Gasteiger partial charge is 0.238 e. The van der Waals surface area contributed by atoms with Crippen LogP contribution in [0.5, 0.6) is 0 Å². The van der Waals surface area contributed by atoms with E-state index in [1.54, 1.807) is 0 Å². The van der Waals surface area contributed by atoms with E-state index >= 15 is 0 Å². The number of benzene rings is 20. The molecule has 0 saturated carbocycles. The third-order valence-electron chi connectivity index (χ3n) is 25.8. The van der Waals surface area contributed by atoms with Crippen LogP contribution in [0.15, 0.2) is 473 Å². The van der Waals surface area contributed by atoms with Crippen molar-refractivity contribution in [2.45, 2.75) is 0 Å². The zero-order valence-corrected chi connectivity index (χ0v) is 72.4. The third-order valence-corrected chi connectivity index (χ3v) is 25.8. The lowest BCUT2D eigenvalue weighted by atomic mass is 10.0. The average molecular weight is 1710 g/mol. The van der Waals surface area contributed by atoms with Gasteiger partial charge in [-0.3, -0.25) is 13.7 Å². The summed E-state index contributed by atoms with van der Waals surface area (Å²) in [6.07, 6.45) is 0. The van der Waals surface area contributed by atoms with Crippen LogP contribution in [0.2, 0.25) is 0 Å². The quantitative estimate of drug-likeness (QED) is 0.119. The molecule has 0 radical (unpaired) electrons. The summed E-state index contributed by atoms with van der Waals surface area (Å²) < 4.78 is 8.97. The van der Waals surface area contributed by atoms with Gasteiger partial charge in [0.2, 0.25) is 17.8 Å². The molecule has 0 bridgehead atoms. The van der Waals surface area contributed by atoms with Crippen LogP contribution in [-0.4, -0.2) is 58.1 Å². The molecule has 12 heteroatoms. The summed E-state index contributed by atoms with van der Waals surface area (Å²) in [5, 5.41) is 17.9. The van der Waals surface area contributed by atoms with E-state index in [-0.39, 0.29) is 0 Å². The number of rotatable bonds is 12. The average Bonchev–Trinajstić information content (AvgIpc) is 1.58. The van der Waals surface area contributed by atoms with Crippen molar-refractivity contribution in [3.05, 3.63) is 473 Å². The van der Waals surface area contributed by atoms with Gasteiger partial charge in [-0.05, 0) is 145 Å². The van der Waals surface area contributed by atoms with E-state index in [0.717, 1.165) is 116 Å². The maximum Gasteiger partial charge on any atom is 0.238 e. The largest absolute Gasteiger partial charge is 0.309 e. The summed E-state index contributed by atoms with van der Waals surface area (Å²) in [6.45, 7) is 0. The van der Waals surface area contributed by atoms with E-state index in [4.69, 9.17) is 39.9 Å². The molecule has 0 N–H and O–H groups in total. The Labute approximate surface area is 770 Å². The Bertz CT molecular complexity index is 9070. The molecule has 7 aromatic heterocycles. The summed E-state index contributed by atoms with van der Waals surface area (Å²) in [4.78, 5) is 40.7. The van der Waals surface area contributed by atoms with Gasteiger partial charge < -0.3 is 4.57 Å². The maximum atomic E-state index is 5.36. The molecule has 0 aliphatic heterocycles. The topological polar surface area (TPSA) is 123 Å². The highest BCUT2D eigenvalue weighted by molar-refractivity contribution is 6.23. The van der Waals surface area contributed by atoms with Crippen LogP contribution in [0.4, 0.5) is 0 Å². The number of hydrogen-bond acceptors (Lipinski definition) is 8. The number of hydrogen-bond donors (Lipinski definition) is 0. The Morgan fingerprint density at radius 1 is 0.142 bits per heavy atom. The summed E-state index contributed by atoms with van der Waals surface area (Å²) >= 11 is 0. The Hall–Kier alpha value is -18.3. The molecular weight excluding hydrogens is 1630 g/mol. The van der Waals surface area contributed by atoms with Gasteiger partial charge in [0, 0.05) is 82.0 Å². The van der Waals surface area contributed by atoms with Gasteiger partial charge in [-0.1, -0.05) is 394 Å². The molecule has 20 aromatic carbocycles. The summed E-state index contributed by atoms with van der Waals surface area (Å²) in [5.41, 5.74) is 23.6. The van der Waals surface area contributed by atoms with E-state index in [2.05, 4.69) is 364 Å². The molecule has 27 rings (SSSR count). The van der Waals surface area contributed by atoms with Gasteiger partial charge in [0.1, 0.15) is 0 Å². The van der Waals surface area contributed by atoms with E-state index in [1.807, 2.05) is 127 Å². The van der Waals surface area contributed by atoms with Crippen molar-refractivity contribution in [2.75, 3.05) is 0 Å². The molecule has 27 aromatic rings. The highest BCUT2D eigenvalue weighted by Gasteiger charge is 2.25. The monoisotopic (exact) mass is 1710 g/mol. The molecule has 134 heavy (non-hydrogen) atoms. The number of nitrogens with zero attached hydrogens (tertiary/aromatic N) is 12. The molecule has 626 valence electrons. The molecule has 0 spiro atoms. The van der Waals surface area contributed by atoms with Crippen LogP contribution in [0.25, 0.3) is 244 Å². The molecule has 0 aliphatic rings. The number of aromatic nitrogens is 12. The van der Waals surface area contributed by atoms with Crippen LogP contribution < -0.4 is 0 Å². The molecule has 0 fully saturated rings. The van der Waals surface area contributed by atoms with Crippen molar-refractivity contribution in [1.29, 1.82) is 0 Å². The zero-order valence-electron chi connectivity index (χ0n) is 72.4. The molecule has 7 heterocycles. The van der Waals surface area contributed by atoms with E-state index in [9.17, 15) is 0 Å². The van der Waals surface area contributed by atoms with Gasteiger partial charge in [-0.2, -0.15) is 19.9 Å². The molecule has 0 amide bonds. The molecule has 0 unspecified atom stereocenters. The van der Waals surface area contributed by atoms with Crippen LogP contribution in [0, 0.1) is 0 Å². The van der Waals surface area contributed by atoms with E-state index in [1.165, 1.54) is 86.8 Å². The molecule has 0 saturated heterocycles. The Morgan fingerprint density at radius 2 is 0.455 bits per heavy atom. The molecule has 12 nitrogen and oxygen atoms in total.